The third kappa shape index (κ3) is 5.07. The molecule has 0 aromatic carbocycles. The summed E-state index contributed by atoms with van der Waals surface area (Å²) >= 11 is 0. The molecule has 12 heavy (non-hydrogen) atoms. The Morgan fingerprint density at radius 2 is 1.42 bits per heavy atom. The molecule has 1 rings (SSSR count). The molecule has 1 aliphatic rings. The van der Waals surface area contributed by atoms with Crippen molar-refractivity contribution in [3.8, 4) is 12.0 Å². The van der Waals surface area contributed by atoms with Crippen molar-refractivity contribution in [2.75, 3.05) is 6.54 Å². The molecule has 0 fully saturated rings. The van der Waals surface area contributed by atoms with Crippen LogP contribution in [0.1, 0.15) is 51.4 Å². The maximum absolute atomic E-state index is 3.14. The number of nitrogens with one attached hydrogen (secondary N) is 1. The Morgan fingerprint density at radius 1 is 0.750 bits per heavy atom. The average Bonchev–Trinajstić information content (AvgIpc) is 2.05. The second-order valence-corrected chi connectivity index (χ2v) is 3.45. The van der Waals surface area contributed by atoms with Crippen LogP contribution in [0.15, 0.2) is 0 Å². The second kappa shape index (κ2) is 7.03. The van der Waals surface area contributed by atoms with E-state index in [1.165, 1.54) is 44.9 Å². The van der Waals surface area contributed by atoms with Gasteiger partial charge in [0.25, 0.3) is 0 Å². The van der Waals surface area contributed by atoms with E-state index in [2.05, 4.69) is 17.3 Å². The Morgan fingerprint density at radius 3 is 2.25 bits per heavy atom. The molecular formula is C11H19N. The summed E-state index contributed by atoms with van der Waals surface area (Å²) in [5.74, 6) is 3.14. The Kier molecular flexibility index (Phi) is 5.54. The fourth-order valence-electron chi connectivity index (χ4n) is 1.50. The molecule has 0 bridgehead atoms. The smallest absolute Gasteiger partial charge is 0.0229 e. The first-order valence-corrected chi connectivity index (χ1v) is 5.21. The highest BCUT2D eigenvalue weighted by Gasteiger charge is 1.92. The lowest BCUT2D eigenvalue weighted by Gasteiger charge is -2.02. The molecule has 0 saturated heterocycles. The standard InChI is InChI=1S/C11H19N/c1-2-4-6-8-10-12-11-9-7-5-3-1/h12H,1-8,10H2. The van der Waals surface area contributed by atoms with Gasteiger partial charge in [-0.05, 0) is 12.8 Å². The molecular weight excluding hydrogens is 146 g/mol. The van der Waals surface area contributed by atoms with Crippen LogP contribution in [0.3, 0.4) is 0 Å². The fourth-order valence-corrected chi connectivity index (χ4v) is 1.50. The molecule has 1 heteroatoms. The molecule has 0 saturated carbocycles. The molecule has 1 N–H and O–H groups in total. The highest BCUT2D eigenvalue weighted by Crippen LogP contribution is 2.08. The molecule has 0 radical (unpaired) electrons. The van der Waals surface area contributed by atoms with E-state index < -0.39 is 0 Å². The van der Waals surface area contributed by atoms with Crippen LogP contribution < -0.4 is 5.32 Å². The first-order chi connectivity index (χ1) is 6.00. The summed E-state index contributed by atoms with van der Waals surface area (Å²) in [5, 5.41) is 3.14. The van der Waals surface area contributed by atoms with Crippen LogP contribution in [0.25, 0.3) is 0 Å². The SMILES string of the molecule is C1#CNCCCCCCCCC1. The first-order valence-electron chi connectivity index (χ1n) is 5.21. The Labute approximate surface area is 75.9 Å². The van der Waals surface area contributed by atoms with Gasteiger partial charge < -0.3 is 5.32 Å². The fraction of sp³-hybridized carbons (Fsp3) is 0.818. The van der Waals surface area contributed by atoms with Gasteiger partial charge >= 0.3 is 0 Å². The van der Waals surface area contributed by atoms with Crippen molar-refractivity contribution in [3.63, 3.8) is 0 Å². The predicted molar refractivity (Wildman–Crippen MR) is 52.7 cm³/mol. The van der Waals surface area contributed by atoms with Gasteiger partial charge in [0, 0.05) is 19.0 Å². The molecule has 1 nitrogen and oxygen atoms in total. The van der Waals surface area contributed by atoms with Gasteiger partial charge in [-0.25, -0.2) is 0 Å². The van der Waals surface area contributed by atoms with Gasteiger partial charge in [0.1, 0.15) is 0 Å². The average molecular weight is 165 g/mol. The van der Waals surface area contributed by atoms with E-state index in [1.807, 2.05) is 0 Å². The topological polar surface area (TPSA) is 12.0 Å². The molecule has 0 aliphatic carbocycles. The van der Waals surface area contributed by atoms with Gasteiger partial charge in [0.05, 0.1) is 0 Å². The summed E-state index contributed by atoms with van der Waals surface area (Å²) in [6, 6.07) is 3.00. The van der Waals surface area contributed by atoms with Crippen LogP contribution in [-0.2, 0) is 0 Å². The molecule has 0 aromatic heterocycles. The molecule has 0 amide bonds. The molecule has 0 atom stereocenters. The van der Waals surface area contributed by atoms with Gasteiger partial charge in [0.15, 0.2) is 0 Å². The van der Waals surface area contributed by atoms with Crippen LogP contribution in [-0.4, -0.2) is 6.54 Å². The van der Waals surface area contributed by atoms with Crippen LogP contribution in [0.4, 0.5) is 0 Å². The van der Waals surface area contributed by atoms with Crippen LogP contribution in [0.5, 0.6) is 0 Å². The van der Waals surface area contributed by atoms with Crippen molar-refractivity contribution < 1.29 is 0 Å². The Hall–Kier alpha value is -0.640. The lowest BCUT2D eigenvalue weighted by atomic mass is 10.1. The Balaban J connectivity index is 2.14. The summed E-state index contributed by atoms with van der Waals surface area (Å²) in [4.78, 5) is 0. The summed E-state index contributed by atoms with van der Waals surface area (Å²) in [6.07, 6.45) is 10.6. The van der Waals surface area contributed by atoms with Gasteiger partial charge in [-0.3, -0.25) is 0 Å². The Bertz CT molecular complexity index is 136. The van der Waals surface area contributed by atoms with E-state index in [0.29, 0.717) is 0 Å². The predicted octanol–water partition coefficient (Wildman–Crippen LogP) is 2.67. The molecule has 1 heterocycles. The summed E-state index contributed by atoms with van der Waals surface area (Å²) in [5.41, 5.74) is 0. The third-order valence-corrected chi connectivity index (χ3v) is 2.28. The molecule has 0 unspecified atom stereocenters. The molecule has 1 aliphatic heterocycles. The number of hydrogen-bond acceptors (Lipinski definition) is 1. The lowest BCUT2D eigenvalue weighted by molar-refractivity contribution is 0.575. The lowest BCUT2D eigenvalue weighted by Crippen LogP contribution is -2.07. The largest absolute Gasteiger partial charge is 0.346 e. The van der Waals surface area contributed by atoms with Crippen LogP contribution in [0.2, 0.25) is 0 Å². The zero-order chi connectivity index (χ0) is 8.49. The van der Waals surface area contributed by atoms with Crippen molar-refractivity contribution in [1.82, 2.24) is 5.32 Å². The number of hydrogen-bond donors (Lipinski definition) is 1. The van der Waals surface area contributed by atoms with Gasteiger partial charge in [0.2, 0.25) is 0 Å². The van der Waals surface area contributed by atoms with Crippen molar-refractivity contribution in [3.05, 3.63) is 0 Å². The van der Waals surface area contributed by atoms with E-state index in [9.17, 15) is 0 Å². The summed E-state index contributed by atoms with van der Waals surface area (Å²) in [7, 11) is 0. The zero-order valence-electron chi connectivity index (χ0n) is 7.86. The third-order valence-electron chi connectivity index (χ3n) is 2.28. The molecule has 68 valence electrons. The van der Waals surface area contributed by atoms with Gasteiger partial charge in [-0.15, -0.1) is 0 Å². The van der Waals surface area contributed by atoms with E-state index in [-0.39, 0.29) is 0 Å². The van der Waals surface area contributed by atoms with Crippen LogP contribution in [0, 0.1) is 12.0 Å². The zero-order valence-corrected chi connectivity index (χ0v) is 7.86. The minimum absolute atomic E-state index is 1.08. The highest BCUT2D eigenvalue weighted by atomic mass is 14.8. The molecule has 0 spiro atoms. The van der Waals surface area contributed by atoms with E-state index in [0.717, 1.165) is 13.0 Å². The van der Waals surface area contributed by atoms with E-state index in [4.69, 9.17) is 0 Å². The molecule has 0 aromatic rings. The maximum atomic E-state index is 3.14. The van der Waals surface area contributed by atoms with Crippen LogP contribution >= 0.6 is 0 Å². The van der Waals surface area contributed by atoms with Gasteiger partial charge in [-0.2, -0.15) is 0 Å². The van der Waals surface area contributed by atoms with Crippen molar-refractivity contribution in [2.45, 2.75) is 51.4 Å². The highest BCUT2D eigenvalue weighted by molar-refractivity contribution is 4.96. The monoisotopic (exact) mass is 165 g/mol. The first kappa shape index (κ1) is 9.45. The van der Waals surface area contributed by atoms with Crippen molar-refractivity contribution in [1.29, 1.82) is 0 Å². The van der Waals surface area contributed by atoms with Gasteiger partial charge in [-0.1, -0.05) is 38.0 Å². The van der Waals surface area contributed by atoms with Crippen molar-refractivity contribution >= 4 is 0 Å². The summed E-state index contributed by atoms with van der Waals surface area (Å²) in [6.45, 7) is 1.08. The minimum atomic E-state index is 1.08. The maximum Gasteiger partial charge on any atom is 0.0229 e. The number of rotatable bonds is 0. The quantitative estimate of drug-likeness (QED) is 0.544. The second-order valence-electron chi connectivity index (χ2n) is 3.45. The van der Waals surface area contributed by atoms with E-state index >= 15 is 0 Å². The normalized spacial score (nSPS) is 20.7. The van der Waals surface area contributed by atoms with E-state index in [1.54, 1.807) is 0 Å². The van der Waals surface area contributed by atoms with Crippen molar-refractivity contribution in [2.24, 2.45) is 0 Å². The summed E-state index contributed by atoms with van der Waals surface area (Å²) < 4.78 is 0. The minimum Gasteiger partial charge on any atom is -0.346 e.